The fraction of sp³-hybridized carbons (Fsp3) is 0.571. The van der Waals surface area contributed by atoms with Crippen molar-refractivity contribution < 1.29 is 8.42 Å². The third-order valence-electron chi connectivity index (χ3n) is 3.44. The first kappa shape index (κ1) is 17.6. The molecule has 114 valence electrons. The predicted molar refractivity (Wildman–Crippen MR) is 86.2 cm³/mol. The van der Waals surface area contributed by atoms with Crippen molar-refractivity contribution in [1.82, 2.24) is 9.62 Å². The quantitative estimate of drug-likeness (QED) is 0.810. The molecule has 1 rings (SSSR count). The number of nitrogens with one attached hydrogen (secondary N) is 1. The van der Waals surface area contributed by atoms with Crippen molar-refractivity contribution in [2.75, 3.05) is 13.6 Å². The Morgan fingerprint density at radius 2 is 2.00 bits per heavy atom. The number of sulfonamides is 1. The van der Waals surface area contributed by atoms with Crippen LogP contribution in [0.4, 0.5) is 0 Å². The Balaban J connectivity index is 3.16. The topological polar surface area (TPSA) is 49.4 Å². The second-order valence-electron chi connectivity index (χ2n) is 4.82. The van der Waals surface area contributed by atoms with Crippen molar-refractivity contribution in [2.24, 2.45) is 0 Å². The fourth-order valence-electron chi connectivity index (χ4n) is 1.77. The van der Waals surface area contributed by atoms with Gasteiger partial charge in [-0.1, -0.05) is 19.9 Å². The van der Waals surface area contributed by atoms with E-state index in [0.29, 0.717) is 15.9 Å². The summed E-state index contributed by atoms with van der Waals surface area (Å²) in [4.78, 5) is 0.329. The first-order chi connectivity index (χ1) is 9.34. The van der Waals surface area contributed by atoms with Gasteiger partial charge in [0.1, 0.15) is 0 Å². The summed E-state index contributed by atoms with van der Waals surface area (Å²) in [5.74, 6) is 0. The summed E-state index contributed by atoms with van der Waals surface area (Å²) in [5, 5.41) is 3.20. The third kappa shape index (κ3) is 4.04. The zero-order chi connectivity index (χ0) is 15.3. The van der Waals surface area contributed by atoms with Gasteiger partial charge in [0.15, 0.2) is 0 Å². The van der Waals surface area contributed by atoms with E-state index in [1.54, 1.807) is 19.2 Å². The van der Waals surface area contributed by atoms with Gasteiger partial charge >= 0.3 is 0 Å². The maximum atomic E-state index is 12.7. The number of hydrogen-bond acceptors (Lipinski definition) is 3. The van der Waals surface area contributed by atoms with E-state index in [1.165, 1.54) is 4.31 Å². The van der Waals surface area contributed by atoms with Crippen LogP contribution in [0.3, 0.4) is 0 Å². The van der Waals surface area contributed by atoms with Gasteiger partial charge in [-0.15, -0.1) is 0 Å². The summed E-state index contributed by atoms with van der Waals surface area (Å²) < 4.78 is 27.3. The number of rotatable bonds is 7. The standard InChI is InChI=1S/C14H23BrN2O2S/c1-5-11(3)17(4)20(18,19)14-9-12(10-16-6-2)7-8-13(14)15/h7-9,11,16H,5-6,10H2,1-4H3. The predicted octanol–water partition coefficient (Wildman–Crippen LogP) is 2.98. The van der Waals surface area contributed by atoms with E-state index in [2.05, 4.69) is 21.2 Å². The van der Waals surface area contributed by atoms with E-state index in [4.69, 9.17) is 0 Å². The lowest BCUT2D eigenvalue weighted by Gasteiger charge is -2.24. The van der Waals surface area contributed by atoms with Crippen LogP contribution in [0.5, 0.6) is 0 Å². The Morgan fingerprint density at radius 1 is 1.35 bits per heavy atom. The van der Waals surface area contributed by atoms with Gasteiger partial charge in [-0.2, -0.15) is 4.31 Å². The molecule has 0 bridgehead atoms. The molecule has 0 saturated carbocycles. The molecule has 0 radical (unpaired) electrons. The number of nitrogens with zero attached hydrogens (tertiary/aromatic N) is 1. The lowest BCUT2D eigenvalue weighted by atomic mass is 10.2. The summed E-state index contributed by atoms with van der Waals surface area (Å²) in [6.07, 6.45) is 0.782. The van der Waals surface area contributed by atoms with Gasteiger partial charge in [0.05, 0.1) is 4.90 Å². The molecule has 1 aromatic rings. The van der Waals surface area contributed by atoms with Crippen LogP contribution < -0.4 is 5.32 Å². The van der Waals surface area contributed by atoms with E-state index in [-0.39, 0.29) is 6.04 Å². The van der Waals surface area contributed by atoms with Crippen molar-refractivity contribution in [3.8, 4) is 0 Å². The summed E-state index contributed by atoms with van der Waals surface area (Å²) in [5.41, 5.74) is 0.964. The van der Waals surface area contributed by atoms with Gasteiger partial charge in [-0.25, -0.2) is 8.42 Å². The summed E-state index contributed by atoms with van der Waals surface area (Å²) in [7, 11) is -1.84. The molecule has 0 amide bonds. The fourth-order valence-corrected chi connectivity index (χ4v) is 4.18. The molecular weight excluding hydrogens is 340 g/mol. The van der Waals surface area contributed by atoms with Crippen LogP contribution in [-0.4, -0.2) is 32.4 Å². The molecule has 0 aliphatic carbocycles. The molecule has 0 saturated heterocycles. The van der Waals surface area contributed by atoms with Crippen LogP contribution in [0.2, 0.25) is 0 Å². The average molecular weight is 363 g/mol. The Bertz CT molecular complexity index is 546. The van der Waals surface area contributed by atoms with Crippen LogP contribution in [0, 0.1) is 0 Å². The van der Waals surface area contributed by atoms with Gasteiger partial charge in [0.2, 0.25) is 10.0 Å². The third-order valence-corrected chi connectivity index (χ3v) is 6.41. The van der Waals surface area contributed by atoms with Gasteiger partial charge in [-0.05, 0) is 53.5 Å². The average Bonchev–Trinajstić information content (AvgIpc) is 2.44. The van der Waals surface area contributed by atoms with E-state index in [9.17, 15) is 8.42 Å². The molecule has 0 aliphatic heterocycles. The second kappa shape index (κ2) is 7.54. The van der Waals surface area contributed by atoms with Crippen molar-refractivity contribution >= 4 is 26.0 Å². The monoisotopic (exact) mass is 362 g/mol. The normalized spacial score (nSPS) is 13.7. The van der Waals surface area contributed by atoms with Gasteiger partial charge < -0.3 is 5.32 Å². The van der Waals surface area contributed by atoms with E-state index >= 15 is 0 Å². The Morgan fingerprint density at radius 3 is 2.55 bits per heavy atom. The number of benzene rings is 1. The zero-order valence-corrected chi connectivity index (χ0v) is 14.9. The van der Waals surface area contributed by atoms with Gasteiger partial charge in [-0.3, -0.25) is 0 Å². The molecule has 0 heterocycles. The van der Waals surface area contributed by atoms with Crippen molar-refractivity contribution in [1.29, 1.82) is 0 Å². The zero-order valence-electron chi connectivity index (χ0n) is 12.5. The molecule has 0 aliphatic rings. The van der Waals surface area contributed by atoms with Crippen molar-refractivity contribution in [2.45, 2.75) is 44.7 Å². The molecule has 1 unspecified atom stereocenters. The van der Waals surface area contributed by atoms with E-state index in [0.717, 1.165) is 18.5 Å². The Hall–Kier alpha value is -0.430. The first-order valence-electron chi connectivity index (χ1n) is 6.81. The van der Waals surface area contributed by atoms with Crippen LogP contribution in [0.15, 0.2) is 27.6 Å². The Labute approximate surface area is 130 Å². The second-order valence-corrected chi connectivity index (χ2v) is 7.64. The highest BCUT2D eigenvalue weighted by molar-refractivity contribution is 9.10. The molecule has 4 nitrogen and oxygen atoms in total. The smallest absolute Gasteiger partial charge is 0.244 e. The Kier molecular flexibility index (Phi) is 6.64. The molecule has 1 aromatic carbocycles. The van der Waals surface area contributed by atoms with Crippen LogP contribution in [0.25, 0.3) is 0 Å². The lowest BCUT2D eigenvalue weighted by molar-refractivity contribution is 0.380. The van der Waals surface area contributed by atoms with Crippen LogP contribution in [-0.2, 0) is 16.6 Å². The summed E-state index contributed by atoms with van der Waals surface area (Å²) >= 11 is 3.35. The van der Waals surface area contributed by atoms with Crippen molar-refractivity contribution in [3.63, 3.8) is 0 Å². The van der Waals surface area contributed by atoms with E-state index < -0.39 is 10.0 Å². The molecule has 0 fully saturated rings. The maximum Gasteiger partial charge on any atom is 0.244 e. The molecular formula is C14H23BrN2O2S. The minimum Gasteiger partial charge on any atom is -0.313 e. The van der Waals surface area contributed by atoms with Crippen LogP contribution in [0.1, 0.15) is 32.8 Å². The van der Waals surface area contributed by atoms with Crippen molar-refractivity contribution in [3.05, 3.63) is 28.2 Å². The highest BCUT2D eigenvalue weighted by Gasteiger charge is 2.26. The first-order valence-corrected chi connectivity index (χ1v) is 9.05. The summed E-state index contributed by atoms with van der Waals surface area (Å²) in [6, 6.07) is 5.43. The minimum absolute atomic E-state index is 0.0238. The van der Waals surface area contributed by atoms with E-state index in [1.807, 2.05) is 26.8 Å². The molecule has 6 heteroatoms. The highest BCUT2D eigenvalue weighted by atomic mass is 79.9. The maximum absolute atomic E-state index is 12.7. The number of halogens is 1. The van der Waals surface area contributed by atoms with Crippen LogP contribution >= 0.6 is 15.9 Å². The molecule has 1 atom stereocenters. The lowest BCUT2D eigenvalue weighted by Crippen LogP contribution is -2.34. The van der Waals surface area contributed by atoms with Gasteiger partial charge in [0, 0.05) is 24.1 Å². The largest absolute Gasteiger partial charge is 0.313 e. The molecule has 0 aromatic heterocycles. The number of hydrogen-bond donors (Lipinski definition) is 1. The molecule has 0 spiro atoms. The summed E-state index contributed by atoms with van der Waals surface area (Å²) in [6.45, 7) is 7.43. The van der Waals surface area contributed by atoms with Gasteiger partial charge in [0.25, 0.3) is 0 Å². The molecule has 1 N–H and O–H groups in total. The SMILES string of the molecule is CCNCc1ccc(Br)c(S(=O)(=O)N(C)C(C)CC)c1. The minimum atomic E-state index is -3.47. The molecule has 20 heavy (non-hydrogen) atoms. The highest BCUT2D eigenvalue weighted by Crippen LogP contribution is 2.27.